The van der Waals surface area contributed by atoms with Crippen molar-refractivity contribution in [2.45, 2.75) is 79.9 Å². The van der Waals surface area contributed by atoms with Gasteiger partial charge in [0.25, 0.3) is 11.8 Å². The Morgan fingerprint density at radius 2 is 1.21 bits per heavy atom. The summed E-state index contributed by atoms with van der Waals surface area (Å²) in [5.74, 6) is -7.48. The third-order valence-electron chi connectivity index (χ3n) is 3.22. The number of carbonyl (C=O) groups is 2. The fourth-order valence-electron chi connectivity index (χ4n) is 2.05. The first kappa shape index (κ1) is 26.8. The lowest BCUT2D eigenvalue weighted by molar-refractivity contribution is -0.218. The summed E-state index contributed by atoms with van der Waals surface area (Å²) >= 11 is 0. The summed E-state index contributed by atoms with van der Waals surface area (Å²) in [4.78, 5) is 27.2. The zero-order valence-corrected chi connectivity index (χ0v) is 17.0. The Labute approximate surface area is 168 Å². The highest BCUT2D eigenvalue weighted by molar-refractivity contribution is 6.00. The lowest BCUT2D eigenvalue weighted by atomic mass is 10.1. The quantitative estimate of drug-likeness (QED) is 0.283. The Morgan fingerprint density at radius 3 is 1.59 bits per heavy atom. The maximum Gasteiger partial charge on any atom is 0.254 e. The molecule has 9 heteroatoms. The normalized spacial score (nSPS) is 14.4. The fraction of sp³-hybridized carbons (Fsp3) is 0.600. The molecule has 0 spiro atoms. The average molecular weight is 423 g/mol. The second-order valence-corrected chi connectivity index (χ2v) is 8.21. The van der Waals surface area contributed by atoms with Gasteiger partial charge >= 0.3 is 0 Å². The Kier molecular flexibility index (Phi) is 8.85. The Bertz CT molecular complexity index is 722. The van der Waals surface area contributed by atoms with Gasteiger partial charge in [-0.3, -0.25) is 14.4 Å². The average Bonchev–Trinajstić information content (AvgIpc) is 2.85. The van der Waals surface area contributed by atoms with Crippen molar-refractivity contribution in [3.63, 3.8) is 0 Å². The van der Waals surface area contributed by atoms with Crippen LogP contribution in [0, 0.1) is 30.2 Å². The highest BCUT2D eigenvalue weighted by Crippen LogP contribution is 2.31. The molecule has 2 rings (SSSR count). The van der Waals surface area contributed by atoms with Crippen LogP contribution in [0.15, 0.2) is 0 Å². The number of hydroxylamine groups is 2. The van der Waals surface area contributed by atoms with Crippen molar-refractivity contribution in [2.75, 3.05) is 0 Å². The van der Waals surface area contributed by atoms with E-state index >= 15 is 0 Å². The molecule has 1 heterocycles. The first-order valence-electron chi connectivity index (χ1n) is 8.61. The number of carbonyl (C=O) groups excluding carboxylic acids is 2. The van der Waals surface area contributed by atoms with E-state index in [-0.39, 0.29) is 32.1 Å². The SMILES string of the molecule is C.CC(C)(C)ON1C(=O)CCC1=O.Cc1c(F)c(F)c(F)c(OC(C)(C)C)c1F. The van der Waals surface area contributed by atoms with Gasteiger partial charge in [0.05, 0.1) is 5.60 Å². The van der Waals surface area contributed by atoms with Crippen LogP contribution in [-0.2, 0) is 14.4 Å². The first-order valence-corrected chi connectivity index (χ1v) is 8.61. The molecule has 0 aliphatic carbocycles. The number of amides is 2. The molecule has 0 bridgehead atoms. The van der Waals surface area contributed by atoms with Crippen molar-refractivity contribution in [1.29, 1.82) is 0 Å². The third-order valence-corrected chi connectivity index (χ3v) is 3.22. The van der Waals surface area contributed by atoms with Crippen molar-refractivity contribution in [3.8, 4) is 5.75 Å². The Morgan fingerprint density at radius 1 is 0.759 bits per heavy atom. The van der Waals surface area contributed by atoms with Crippen molar-refractivity contribution in [1.82, 2.24) is 5.06 Å². The minimum Gasteiger partial charge on any atom is -0.482 e. The third kappa shape index (κ3) is 7.30. The molecule has 2 amide bonds. The summed E-state index contributed by atoms with van der Waals surface area (Å²) in [7, 11) is 0. The van der Waals surface area contributed by atoms with E-state index in [9.17, 15) is 27.2 Å². The molecule has 1 aromatic rings. The summed E-state index contributed by atoms with van der Waals surface area (Å²) in [5.41, 5.74) is -1.99. The van der Waals surface area contributed by atoms with Gasteiger partial charge in [0.1, 0.15) is 5.60 Å². The fourth-order valence-corrected chi connectivity index (χ4v) is 2.05. The number of hydrogen-bond donors (Lipinski definition) is 0. The van der Waals surface area contributed by atoms with E-state index in [1.54, 1.807) is 41.5 Å². The lowest BCUT2D eigenvalue weighted by Gasteiger charge is -2.24. The molecule has 0 N–H and O–H groups in total. The van der Waals surface area contributed by atoms with Crippen molar-refractivity contribution in [3.05, 3.63) is 28.8 Å². The summed E-state index contributed by atoms with van der Waals surface area (Å²) in [6.07, 6.45) is 0.545. The summed E-state index contributed by atoms with van der Waals surface area (Å²) in [5, 5.41) is 0.875. The number of halogens is 4. The second-order valence-electron chi connectivity index (χ2n) is 8.21. The molecule has 29 heavy (non-hydrogen) atoms. The molecule has 166 valence electrons. The van der Waals surface area contributed by atoms with E-state index in [0.29, 0.717) is 0 Å². The van der Waals surface area contributed by atoms with E-state index in [0.717, 1.165) is 12.0 Å². The smallest absolute Gasteiger partial charge is 0.254 e. The Hall–Kier alpha value is -2.16. The molecule has 1 saturated heterocycles. The molecule has 0 aromatic heterocycles. The van der Waals surface area contributed by atoms with Crippen molar-refractivity contribution >= 4 is 11.8 Å². The summed E-state index contributed by atoms with van der Waals surface area (Å²) in [6, 6.07) is 0. The standard InChI is InChI=1S/C11H12F4O.C8H13NO3.CH4/c1-5-6(12)8(14)9(15)10(7(5)13)16-11(2,3)4;1-8(2,3)12-9-6(10)4-5-7(9)11;/h1-4H3;4-5H2,1-3H3;1H4. The van der Waals surface area contributed by atoms with Crippen LogP contribution in [0.3, 0.4) is 0 Å². The Balaban J connectivity index is 0.000000542. The minimum absolute atomic E-state index is 0. The van der Waals surface area contributed by atoms with Crippen molar-refractivity contribution in [2.24, 2.45) is 0 Å². The van der Waals surface area contributed by atoms with E-state index in [4.69, 9.17) is 9.57 Å². The van der Waals surface area contributed by atoms with Crippen LogP contribution < -0.4 is 4.74 Å². The van der Waals surface area contributed by atoms with Gasteiger partial charge in [-0.1, -0.05) is 7.43 Å². The molecular weight excluding hydrogens is 394 g/mol. The maximum atomic E-state index is 13.5. The monoisotopic (exact) mass is 423 g/mol. The van der Waals surface area contributed by atoms with E-state index in [1.807, 2.05) is 0 Å². The van der Waals surface area contributed by atoms with Crippen molar-refractivity contribution < 1.29 is 36.7 Å². The molecule has 1 aliphatic rings. The molecule has 0 unspecified atom stereocenters. The predicted molar refractivity (Wildman–Crippen MR) is 100 cm³/mol. The van der Waals surface area contributed by atoms with Gasteiger partial charge in [-0.2, -0.15) is 9.45 Å². The van der Waals surface area contributed by atoms with Crippen LogP contribution in [0.5, 0.6) is 5.75 Å². The molecule has 0 saturated carbocycles. The molecule has 1 aliphatic heterocycles. The zero-order valence-electron chi connectivity index (χ0n) is 17.0. The van der Waals surface area contributed by atoms with Gasteiger partial charge in [0.15, 0.2) is 23.2 Å². The number of rotatable bonds is 2. The maximum absolute atomic E-state index is 13.5. The van der Waals surface area contributed by atoms with Gasteiger partial charge in [0, 0.05) is 18.4 Å². The molecule has 1 aromatic carbocycles. The van der Waals surface area contributed by atoms with Crippen LogP contribution >= 0.6 is 0 Å². The van der Waals surface area contributed by atoms with E-state index in [1.165, 1.54) is 0 Å². The van der Waals surface area contributed by atoms with Crippen LogP contribution in [0.25, 0.3) is 0 Å². The van der Waals surface area contributed by atoms with Gasteiger partial charge in [0.2, 0.25) is 5.82 Å². The van der Waals surface area contributed by atoms with Gasteiger partial charge in [-0.15, -0.1) is 0 Å². The number of ether oxygens (including phenoxy) is 1. The first-order chi connectivity index (χ1) is 12.5. The van der Waals surface area contributed by atoms with Crippen LogP contribution in [0.1, 0.15) is 67.4 Å². The number of hydrogen-bond acceptors (Lipinski definition) is 4. The largest absolute Gasteiger partial charge is 0.482 e. The molecular formula is C20H29F4NO4. The zero-order chi connectivity index (χ0) is 22.0. The number of nitrogens with zero attached hydrogens (tertiary/aromatic N) is 1. The topological polar surface area (TPSA) is 55.8 Å². The second kappa shape index (κ2) is 9.56. The molecule has 1 fully saturated rings. The van der Waals surface area contributed by atoms with Crippen LogP contribution in [0.2, 0.25) is 0 Å². The van der Waals surface area contributed by atoms with Crippen LogP contribution in [0.4, 0.5) is 17.6 Å². The molecule has 0 atom stereocenters. The van der Waals surface area contributed by atoms with Gasteiger partial charge in [-0.05, 0) is 48.5 Å². The van der Waals surface area contributed by atoms with Crippen LogP contribution in [-0.4, -0.2) is 28.1 Å². The number of imide groups is 1. The van der Waals surface area contributed by atoms with Gasteiger partial charge in [-0.25, -0.2) is 13.2 Å². The lowest BCUT2D eigenvalue weighted by Crippen LogP contribution is -2.37. The summed E-state index contributed by atoms with van der Waals surface area (Å²) < 4.78 is 57.6. The van der Waals surface area contributed by atoms with E-state index in [2.05, 4.69) is 0 Å². The highest BCUT2D eigenvalue weighted by atomic mass is 19.2. The van der Waals surface area contributed by atoms with Gasteiger partial charge < -0.3 is 4.74 Å². The number of benzene rings is 1. The molecule has 0 radical (unpaired) electrons. The van der Waals surface area contributed by atoms with E-state index < -0.39 is 45.8 Å². The minimum atomic E-state index is -1.72. The predicted octanol–water partition coefficient (Wildman–Crippen LogP) is 5.23. The highest BCUT2D eigenvalue weighted by Gasteiger charge is 2.33. The molecule has 5 nitrogen and oxygen atoms in total. The summed E-state index contributed by atoms with van der Waals surface area (Å²) in [6.45, 7) is 11.0.